The molecule has 118 valence electrons. The maximum Gasteiger partial charge on any atom is 0.194 e. The van der Waals surface area contributed by atoms with Crippen LogP contribution in [0.1, 0.15) is 40.5 Å². The number of rotatable bonds is 2. The molecule has 1 aromatic rings. The molecule has 1 aromatic carbocycles. The van der Waals surface area contributed by atoms with Crippen LogP contribution in [0, 0.1) is 20.2 Å². The molecule has 0 amide bonds. The first-order valence-corrected chi connectivity index (χ1v) is 6.04. The second-order valence-corrected chi connectivity index (χ2v) is 3.39. The summed E-state index contributed by atoms with van der Waals surface area (Å²) in [4.78, 5) is 16.6. The van der Waals surface area contributed by atoms with Gasteiger partial charge in [-0.15, -0.1) is 0 Å². The largest absolute Gasteiger partial charge is 0.265 e. The predicted octanol–water partition coefficient (Wildman–Crippen LogP) is 4.31. The minimum Gasteiger partial charge on any atom is -0.265 e. The molecule has 0 saturated carbocycles. The third-order valence-corrected chi connectivity index (χ3v) is 1.37. The molecule has 0 N–H and O–H groups in total. The molecule has 1 rings (SSSR count). The first kappa shape index (κ1) is 26.6. The van der Waals surface area contributed by atoms with Gasteiger partial charge in [0.1, 0.15) is 0 Å². The molecule has 0 atom stereocenters. The third kappa shape index (κ3) is 99.7. The van der Waals surface area contributed by atoms with Crippen molar-refractivity contribution in [3.63, 3.8) is 0 Å². The Kier molecular flexibility index (Phi) is 34.2. The molecule has 20 heavy (non-hydrogen) atoms. The van der Waals surface area contributed by atoms with Gasteiger partial charge in [0.2, 0.25) is 0 Å². The number of hydrogen-bond donors (Lipinski definition) is 0. The third-order valence-electron chi connectivity index (χ3n) is 1.37. The molecule has 0 heterocycles. The highest BCUT2D eigenvalue weighted by molar-refractivity contribution is 4.99. The van der Waals surface area contributed by atoms with Crippen LogP contribution in [0.2, 0.25) is 0 Å². The van der Waals surface area contributed by atoms with E-state index in [0.29, 0.717) is 0 Å². The highest BCUT2D eigenvalue weighted by Gasteiger charge is 1.68. The molecule has 0 unspecified atom stereocenters. The van der Waals surface area contributed by atoms with Crippen molar-refractivity contribution in [2.24, 2.45) is 0 Å². The van der Waals surface area contributed by atoms with Gasteiger partial charge in [-0.3, -0.25) is 20.2 Å². The van der Waals surface area contributed by atoms with Gasteiger partial charge in [0.25, 0.3) is 0 Å². The van der Waals surface area contributed by atoms with Crippen LogP contribution in [0.5, 0.6) is 0 Å². The summed E-state index contributed by atoms with van der Waals surface area (Å²) in [5.74, 6) is 0. The van der Waals surface area contributed by atoms with Gasteiger partial charge < -0.3 is 0 Å². The number of benzene rings is 1. The summed E-state index contributed by atoms with van der Waals surface area (Å²) in [7, 11) is 1.78. The van der Waals surface area contributed by atoms with E-state index in [-0.39, 0.29) is 7.43 Å². The summed E-state index contributed by atoms with van der Waals surface area (Å²) >= 11 is 0. The molecule has 0 aliphatic heterocycles. The van der Waals surface area contributed by atoms with E-state index >= 15 is 0 Å². The number of nitrogens with zero attached hydrogens (tertiary/aromatic N) is 2. The fraction of sp³-hybridized carbons (Fsp3) is 0.571. The molecule has 0 fully saturated rings. The van der Waals surface area contributed by atoms with Crippen LogP contribution in [0.15, 0.2) is 36.4 Å². The highest BCUT2D eigenvalue weighted by Crippen LogP contribution is 1.88. The van der Waals surface area contributed by atoms with Crippen molar-refractivity contribution in [1.82, 2.24) is 0 Å². The second kappa shape index (κ2) is 25.8. The zero-order chi connectivity index (χ0) is 15.5. The van der Waals surface area contributed by atoms with Crippen molar-refractivity contribution in [1.29, 1.82) is 0 Å². The van der Waals surface area contributed by atoms with Gasteiger partial charge in [0.05, 0.1) is 0 Å². The van der Waals surface area contributed by atoms with Crippen molar-refractivity contribution in [3.05, 3.63) is 56.6 Å². The molecule has 6 heteroatoms. The lowest BCUT2D eigenvalue weighted by Gasteiger charge is -1.79. The lowest BCUT2D eigenvalue weighted by molar-refractivity contribution is -0.445. The van der Waals surface area contributed by atoms with Crippen LogP contribution in [0.3, 0.4) is 0 Å². The number of hydrogen-bond acceptors (Lipinski definition) is 4. The van der Waals surface area contributed by atoms with Crippen LogP contribution in [-0.4, -0.2) is 23.9 Å². The van der Waals surface area contributed by atoms with Gasteiger partial charge >= 0.3 is 0 Å². The van der Waals surface area contributed by atoms with E-state index in [9.17, 15) is 0 Å². The summed E-state index contributed by atoms with van der Waals surface area (Å²) in [6, 6.07) is 12.0. The van der Waals surface area contributed by atoms with Crippen molar-refractivity contribution < 1.29 is 9.85 Å². The highest BCUT2D eigenvalue weighted by atomic mass is 16.6. The van der Waals surface area contributed by atoms with Crippen LogP contribution < -0.4 is 0 Å². The number of nitro groups is 2. The SMILES string of the molecule is C.CCCCC.C[N+](=O)[O-].C[N+](=O)[O-].c1ccccc1. The van der Waals surface area contributed by atoms with Gasteiger partial charge in [-0.05, 0) is 0 Å². The average molecular weight is 288 g/mol. The van der Waals surface area contributed by atoms with Gasteiger partial charge in [0.15, 0.2) is 14.1 Å². The lowest BCUT2D eigenvalue weighted by atomic mass is 10.3. The lowest BCUT2D eigenvalue weighted by Crippen LogP contribution is -1.79. The van der Waals surface area contributed by atoms with E-state index < -0.39 is 9.85 Å². The summed E-state index contributed by atoms with van der Waals surface area (Å²) < 4.78 is 0. The first-order chi connectivity index (χ1) is 8.88. The Morgan fingerprint density at radius 1 is 0.750 bits per heavy atom. The average Bonchev–Trinajstić information content (AvgIpc) is 2.31. The molecule has 0 saturated heterocycles. The fourth-order valence-corrected chi connectivity index (χ4v) is 0.738. The van der Waals surface area contributed by atoms with Gasteiger partial charge in [-0.2, -0.15) is 0 Å². The van der Waals surface area contributed by atoms with Crippen LogP contribution in [0.4, 0.5) is 0 Å². The maximum atomic E-state index is 8.81. The Morgan fingerprint density at radius 2 is 0.900 bits per heavy atom. The van der Waals surface area contributed by atoms with Crippen molar-refractivity contribution in [2.75, 3.05) is 14.1 Å². The van der Waals surface area contributed by atoms with Crippen LogP contribution >= 0.6 is 0 Å². The monoisotopic (exact) mass is 288 g/mol. The van der Waals surface area contributed by atoms with E-state index in [4.69, 9.17) is 20.2 Å². The molecule has 0 radical (unpaired) electrons. The quantitative estimate of drug-likeness (QED) is 0.599. The minimum absolute atomic E-state index is 0. The summed E-state index contributed by atoms with van der Waals surface area (Å²) in [5, 5.41) is 17.6. The van der Waals surface area contributed by atoms with Gasteiger partial charge in [-0.1, -0.05) is 76.9 Å². The zero-order valence-electron chi connectivity index (χ0n) is 12.1. The van der Waals surface area contributed by atoms with Gasteiger partial charge in [0, 0.05) is 9.85 Å². The van der Waals surface area contributed by atoms with Crippen molar-refractivity contribution in [2.45, 2.75) is 40.5 Å². The van der Waals surface area contributed by atoms with E-state index in [1.807, 2.05) is 36.4 Å². The molecule has 0 bridgehead atoms. The predicted molar refractivity (Wildman–Crippen MR) is 84.2 cm³/mol. The summed E-state index contributed by atoms with van der Waals surface area (Å²) in [5.41, 5.74) is 0. The molecule has 0 spiro atoms. The smallest absolute Gasteiger partial charge is 0.194 e. The van der Waals surface area contributed by atoms with Crippen LogP contribution in [0.25, 0.3) is 0 Å². The summed E-state index contributed by atoms with van der Waals surface area (Å²) in [6.45, 7) is 4.42. The molecule has 0 aliphatic carbocycles. The standard InChI is InChI=1S/C6H6.C5H12.2CH3NO2.CH4/c1-2-4-6-5-3-1;1-3-5-4-2;2*1-2(3)4;/h1-6H;3-5H2,1-2H3;2*1H3;1H4. The van der Waals surface area contributed by atoms with E-state index in [2.05, 4.69) is 13.8 Å². The molecule has 0 aliphatic rings. The Hall–Kier alpha value is -1.98. The fourth-order valence-electron chi connectivity index (χ4n) is 0.738. The van der Waals surface area contributed by atoms with Crippen molar-refractivity contribution >= 4 is 0 Å². The van der Waals surface area contributed by atoms with Crippen molar-refractivity contribution in [3.8, 4) is 0 Å². The normalized spacial score (nSPS) is 7.00. The van der Waals surface area contributed by atoms with Crippen LogP contribution in [-0.2, 0) is 0 Å². The number of unbranched alkanes of at least 4 members (excludes halogenated alkanes) is 2. The van der Waals surface area contributed by atoms with E-state index in [1.165, 1.54) is 19.3 Å². The Morgan fingerprint density at radius 3 is 0.950 bits per heavy atom. The Bertz CT molecular complexity index is 244. The molecule has 0 aromatic heterocycles. The Balaban J connectivity index is -0.0000000856. The first-order valence-electron chi connectivity index (χ1n) is 6.04. The zero-order valence-corrected chi connectivity index (χ0v) is 12.1. The molecule has 6 nitrogen and oxygen atoms in total. The molecular weight excluding hydrogens is 260 g/mol. The second-order valence-electron chi connectivity index (χ2n) is 3.39. The summed E-state index contributed by atoms with van der Waals surface area (Å²) in [6.07, 6.45) is 4.08. The van der Waals surface area contributed by atoms with E-state index in [0.717, 1.165) is 14.1 Å². The topological polar surface area (TPSA) is 86.3 Å². The van der Waals surface area contributed by atoms with Gasteiger partial charge in [-0.25, -0.2) is 0 Å². The Labute approximate surface area is 122 Å². The molecular formula is C14H28N2O4. The minimum atomic E-state index is -0.500. The maximum absolute atomic E-state index is 8.81. The van der Waals surface area contributed by atoms with E-state index in [1.54, 1.807) is 0 Å².